The van der Waals surface area contributed by atoms with Crippen molar-refractivity contribution in [3.05, 3.63) is 35.4 Å². The number of piperidine rings is 1. The first-order chi connectivity index (χ1) is 8.30. The number of rotatable bonds is 1. The summed E-state index contributed by atoms with van der Waals surface area (Å²) in [4.78, 5) is 23.6. The van der Waals surface area contributed by atoms with Gasteiger partial charge in [-0.05, 0) is 31.5 Å². The maximum Gasteiger partial charge on any atom is 0.233 e. The fourth-order valence-electron chi connectivity index (χ4n) is 1.93. The van der Waals surface area contributed by atoms with Crippen LogP contribution in [0.1, 0.15) is 31.9 Å². The van der Waals surface area contributed by atoms with E-state index in [2.05, 4.69) is 5.32 Å². The number of carbonyl (C=O) groups excluding carboxylic acids is 2. The van der Waals surface area contributed by atoms with Gasteiger partial charge in [-0.3, -0.25) is 9.59 Å². The summed E-state index contributed by atoms with van der Waals surface area (Å²) in [5.74, 6) is -2.11. The highest BCUT2D eigenvalue weighted by Crippen LogP contribution is 2.31. The summed E-state index contributed by atoms with van der Waals surface area (Å²) in [5.41, 5.74) is -0.813. The minimum Gasteiger partial charge on any atom is -0.348 e. The molecular weight excluding hydrogens is 240 g/mol. The van der Waals surface area contributed by atoms with Gasteiger partial charge in [0, 0.05) is 12.5 Å². The van der Waals surface area contributed by atoms with E-state index in [0.717, 1.165) is 18.2 Å². The molecule has 1 aromatic rings. The van der Waals surface area contributed by atoms with E-state index < -0.39 is 29.0 Å². The highest BCUT2D eigenvalue weighted by molar-refractivity contribution is 6.07. The van der Waals surface area contributed by atoms with Crippen molar-refractivity contribution < 1.29 is 18.4 Å². The van der Waals surface area contributed by atoms with E-state index in [9.17, 15) is 18.4 Å². The van der Waals surface area contributed by atoms with Gasteiger partial charge in [-0.2, -0.15) is 0 Å². The van der Waals surface area contributed by atoms with Crippen molar-refractivity contribution in [3.63, 3.8) is 0 Å². The van der Waals surface area contributed by atoms with E-state index in [4.69, 9.17) is 0 Å². The zero-order chi connectivity index (χ0) is 13.5. The molecular formula is C13H13F2NO2. The highest BCUT2D eigenvalue weighted by Gasteiger charge is 2.42. The van der Waals surface area contributed by atoms with E-state index >= 15 is 0 Å². The molecule has 1 saturated heterocycles. The molecule has 1 amide bonds. The summed E-state index contributed by atoms with van der Waals surface area (Å²) in [6.07, 6.45) is 0.0433. The molecule has 0 aliphatic carbocycles. The van der Waals surface area contributed by atoms with E-state index in [0.29, 0.717) is 0 Å². The second-order valence-electron chi connectivity index (χ2n) is 4.98. The van der Waals surface area contributed by atoms with Crippen LogP contribution in [0.2, 0.25) is 0 Å². The van der Waals surface area contributed by atoms with Gasteiger partial charge in [0.15, 0.2) is 0 Å². The first-order valence-corrected chi connectivity index (χ1v) is 5.61. The summed E-state index contributed by atoms with van der Waals surface area (Å²) in [7, 11) is 0. The van der Waals surface area contributed by atoms with Crippen molar-refractivity contribution in [3.8, 4) is 0 Å². The summed E-state index contributed by atoms with van der Waals surface area (Å²) in [6, 6.07) is 2.34. The van der Waals surface area contributed by atoms with Crippen molar-refractivity contribution in [2.24, 2.45) is 5.41 Å². The van der Waals surface area contributed by atoms with Crippen molar-refractivity contribution in [2.75, 3.05) is 0 Å². The molecule has 1 heterocycles. The second kappa shape index (κ2) is 4.15. The Labute approximate surface area is 103 Å². The van der Waals surface area contributed by atoms with Crippen molar-refractivity contribution in [1.82, 2.24) is 5.32 Å². The molecule has 0 radical (unpaired) electrons. The van der Waals surface area contributed by atoms with Crippen LogP contribution in [0.25, 0.3) is 0 Å². The Morgan fingerprint density at radius 1 is 1.17 bits per heavy atom. The van der Waals surface area contributed by atoms with Gasteiger partial charge in [0.2, 0.25) is 5.91 Å². The third kappa shape index (κ3) is 2.12. The Morgan fingerprint density at radius 2 is 1.72 bits per heavy atom. The van der Waals surface area contributed by atoms with Crippen molar-refractivity contribution >= 4 is 11.7 Å². The molecule has 1 aliphatic rings. The van der Waals surface area contributed by atoms with E-state index in [1.165, 1.54) is 13.8 Å². The zero-order valence-corrected chi connectivity index (χ0v) is 10.1. The number of benzene rings is 1. The Kier molecular flexibility index (Phi) is 2.92. The number of halogens is 2. The summed E-state index contributed by atoms with van der Waals surface area (Å²) in [6.45, 7) is 3.07. The number of carbonyl (C=O) groups is 2. The third-order valence-electron chi connectivity index (χ3n) is 3.25. The predicted octanol–water partition coefficient (Wildman–Crippen LogP) is 2.12. The average Bonchev–Trinajstić information content (AvgIpc) is 2.24. The molecule has 0 saturated carbocycles. The molecule has 1 aliphatic heterocycles. The first kappa shape index (κ1) is 12.7. The molecule has 1 fully saturated rings. The second-order valence-corrected chi connectivity index (χ2v) is 4.98. The van der Waals surface area contributed by atoms with Crippen molar-refractivity contribution in [1.29, 1.82) is 0 Å². The van der Waals surface area contributed by atoms with Gasteiger partial charge in [-0.25, -0.2) is 8.78 Å². The molecule has 96 valence electrons. The molecule has 0 bridgehead atoms. The van der Waals surface area contributed by atoms with Crippen LogP contribution in [0.3, 0.4) is 0 Å². The lowest BCUT2D eigenvalue weighted by Gasteiger charge is -2.33. The summed E-state index contributed by atoms with van der Waals surface area (Å²) >= 11 is 0. The molecule has 1 atom stereocenters. The SMILES string of the molecule is CC1(C)C(=O)C[C@@H](c2cc(F)cc(F)c2)NC1=O. The van der Waals surface area contributed by atoms with E-state index in [1.807, 2.05) is 0 Å². The standard InChI is InChI=1S/C13H13F2NO2/c1-13(2)11(17)6-10(16-12(13)18)7-3-8(14)5-9(15)4-7/h3-5,10H,6H2,1-2H3,(H,16,18)/t10-/m0/s1. The fraction of sp³-hybridized carbons (Fsp3) is 0.385. The molecule has 0 aromatic heterocycles. The first-order valence-electron chi connectivity index (χ1n) is 5.61. The van der Waals surface area contributed by atoms with Gasteiger partial charge in [-0.1, -0.05) is 0 Å². The molecule has 18 heavy (non-hydrogen) atoms. The quantitative estimate of drug-likeness (QED) is 0.779. The van der Waals surface area contributed by atoms with Gasteiger partial charge < -0.3 is 5.32 Å². The predicted molar refractivity (Wildman–Crippen MR) is 60.6 cm³/mol. The zero-order valence-electron chi connectivity index (χ0n) is 10.1. The van der Waals surface area contributed by atoms with Crippen molar-refractivity contribution in [2.45, 2.75) is 26.3 Å². The molecule has 0 unspecified atom stereocenters. The smallest absolute Gasteiger partial charge is 0.233 e. The number of hydrogen-bond donors (Lipinski definition) is 1. The maximum atomic E-state index is 13.1. The van der Waals surface area contributed by atoms with Gasteiger partial charge in [0.05, 0.1) is 6.04 Å². The normalized spacial score (nSPS) is 22.8. The molecule has 1 N–H and O–H groups in total. The third-order valence-corrected chi connectivity index (χ3v) is 3.25. The number of hydrogen-bond acceptors (Lipinski definition) is 2. The number of ketones is 1. The van der Waals surface area contributed by atoms with E-state index in [-0.39, 0.29) is 17.8 Å². The van der Waals surface area contributed by atoms with Crippen LogP contribution in [0.15, 0.2) is 18.2 Å². The summed E-state index contributed by atoms with van der Waals surface area (Å²) < 4.78 is 26.2. The minimum absolute atomic E-state index is 0.0433. The Hall–Kier alpha value is -1.78. The maximum absolute atomic E-state index is 13.1. The lowest BCUT2D eigenvalue weighted by atomic mass is 9.79. The van der Waals surface area contributed by atoms with Gasteiger partial charge in [0.1, 0.15) is 22.8 Å². The summed E-state index contributed by atoms with van der Waals surface area (Å²) in [5, 5.41) is 2.61. The Bertz CT molecular complexity index is 485. The van der Waals surface area contributed by atoms with E-state index in [1.54, 1.807) is 0 Å². The van der Waals surface area contributed by atoms with Gasteiger partial charge in [-0.15, -0.1) is 0 Å². The topological polar surface area (TPSA) is 46.2 Å². The molecule has 2 rings (SSSR count). The molecule has 3 nitrogen and oxygen atoms in total. The van der Waals surface area contributed by atoms with Crippen LogP contribution in [0.5, 0.6) is 0 Å². The molecule has 5 heteroatoms. The van der Waals surface area contributed by atoms with Crippen LogP contribution >= 0.6 is 0 Å². The molecule has 1 aromatic carbocycles. The largest absolute Gasteiger partial charge is 0.348 e. The van der Waals surface area contributed by atoms with Gasteiger partial charge in [0.25, 0.3) is 0 Å². The monoisotopic (exact) mass is 253 g/mol. The lowest BCUT2D eigenvalue weighted by molar-refractivity contribution is -0.144. The number of amides is 1. The van der Waals surface area contributed by atoms with Crippen LogP contribution in [-0.2, 0) is 9.59 Å². The van der Waals surface area contributed by atoms with Crippen LogP contribution < -0.4 is 5.32 Å². The number of nitrogens with one attached hydrogen (secondary N) is 1. The fourth-order valence-corrected chi connectivity index (χ4v) is 1.93. The van der Waals surface area contributed by atoms with Crippen LogP contribution in [0.4, 0.5) is 8.78 Å². The minimum atomic E-state index is -1.08. The van der Waals surface area contributed by atoms with Crippen LogP contribution in [-0.4, -0.2) is 11.7 Å². The van der Waals surface area contributed by atoms with Gasteiger partial charge >= 0.3 is 0 Å². The van der Waals surface area contributed by atoms with Crippen LogP contribution in [0, 0.1) is 17.0 Å². The average molecular weight is 253 g/mol. The molecule has 0 spiro atoms. The highest BCUT2D eigenvalue weighted by atomic mass is 19.1. The Balaban J connectivity index is 2.31. The number of Topliss-reactive ketones (excluding diaryl/α,β-unsaturated/α-hetero) is 1. The lowest BCUT2D eigenvalue weighted by Crippen LogP contribution is -2.50. The Morgan fingerprint density at radius 3 is 2.22 bits per heavy atom.